The molecule has 0 unspecified atom stereocenters. The highest BCUT2D eigenvalue weighted by Crippen LogP contribution is 2.29. The van der Waals surface area contributed by atoms with Crippen LogP contribution in [0.1, 0.15) is 52.0 Å². The van der Waals surface area contributed by atoms with Crippen molar-refractivity contribution >= 4 is 16.8 Å². The first-order valence-corrected chi connectivity index (χ1v) is 9.46. The maximum atomic E-state index is 12.4. The number of nitrogens with one attached hydrogen (secondary N) is 1. The summed E-state index contributed by atoms with van der Waals surface area (Å²) in [6.07, 6.45) is 7.27. The molecule has 1 fully saturated rings. The molecule has 1 N–H and O–H groups in total. The molecule has 1 saturated carbocycles. The zero-order chi connectivity index (χ0) is 17.1. The van der Waals surface area contributed by atoms with Crippen LogP contribution in [0.3, 0.4) is 0 Å². The first kappa shape index (κ1) is 17.1. The summed E-state index contributed by atoms with van der Waals surface area (Å²) in [5.41, 5.74) is 2.55. The predicted molar refractivity (Wildman–Crippen MR) is 100 cm³/mol. The number of benzene rings is 1. The van der Waals surface area contributed by atoms with Crippen LogP contribution in [0.25, 0.3) is 10.9 Å². The van der Waals surface area contributed by atoms with Gasteiger partial charge in [0.2, 0.25) is 5.91 Å². The predicted octanol–water partition coefficient (Wildman–Crippen LogP) is 4.53. The molecule has 1 aliphatic carbocycles. The van der Waals surface area contributed by atoms with Crippen LogP contribution in [-0.4, -0.2) is 16.5 Å². The third kappa shape index (κ3) is 3.50. The molecule has 24 heavy (non-hydrogen) atoms. The summed E-state index contributed by atoms with van der Waals surface area (Å²) < 4.78 is 2.27. The number of hydrogen-bond acceptors (Lipinski definition) is 1. The SMILES string of the molecule is CCn1cc(CCC(=O)N[C@@H]2CCC[C@@H](C)[C@H]2C)c2ccccc21. The average Bonchev–Trinajstić information content (AvgIpc) is 2.95. The average molecular weight is 326 g/mol. The molecule has 3 nitrogen and oxygen atoms in total. The quantitative estimate of drug-likeness (QED) is 0.860. The van der Waals surface area contributed by atoms with Gasteiger partial charge in [-0.25, -0.2) is 0 Å². The van der Waals surface area contributed by atoms with E-state index in [2.05, 4.69) is 61.1 Å². The normalized spacial score (nSPS) is 24.2. The van der Waals surface area contributed by atoms with Gasteiger partial charge in [0.15, 0.2) is 0 Å². The Balaban J connectivity index is 1.62. The van der Waals surface area contributed by atoms with Crippen LogP contribution in [0.2, 0.25) is 0 Å². The Morgan fingerprint density at radius 1 is 1.25 bits per heavy atom. The molecule has 3 heteroatoms. The summed E-state index contributed by atoms with van der Waals surface area (Å²) >= 11 is 0. The van der Waals surface area contributed by atoms with E-state index >= 15 is 0 Å². The van der Waals surface area contributed by atoms with E-state index in [1.807, 2.05) is 0 Å². The molecule has 1 amide bonds. The fourth-order valence-corrected chi connectivity index (χ4v) is 4.10. The molecule has 130 valence electrons. The van der Waals surface area contributed by atoms with Crippen molar-refractivity contribution in [1.29, 1.82) is 0 Å². The van der Waals surface area contributed by atoms with E-state index in [0.717, 1.165) is 19.4 Å². The Hall–Kier alpha value is -1.77. The van der Waals surface area contributed by atoms with Crippen LogP contribution in [0.4, 0.5) is 0 Å². The maximum Gasteiger partial charge on any atom is 0.220 e. The van der Waals surface area contributed by atoms with E-state index in [1.54, 1.807) is 0 Å². The molecule has 0 spiro atoms. The summed E-state index contributed by atoms with van der Waals surface area (Å²) in [6, 6.07) is 8.85. The molecular formula is C21H30N2O. The van der Waals surface area contributed by atoms with E-state index in [1.165, 1.54) is 29.3 Å². The summed E-state index contributed by atoms with van der Waals surface area (Å²) in [5, 5.41) is 4.58. The molecule has 0 bridgehead atoms. The molecule has 3 atom stereocenters. The molecule has 2 aromatic rings. The number of nitrogens with zero attached hydrogens (tertiary/aromatic N) is 1. The lowest BCUT2D eigenvalue weighted by molar-refractivity contribution is -0.122. The molecule has 3 rings (SSSR count). The second kappa shape index (κ2) is 7.42. The lowest BCUT2D eigenvalue weighted by Crippen LogP contribution is -2.43. The van der Waals surface area contributed by atoms with Crippen LogP contribution in [0, 0.1) is 11.8 Å². The molecular weight excluding hydrogens is 296 g/mol. The number of aromatic nitrogens is 1. The van der Waals surface area contributed by atoms with Gasteiger partial charge < -0.3 is 9.88 Å². The number of fused-ring (bicyclic) bond motifs is 1. The Labute approximate surface area is 145 Å². The fraction of sp³-hybridized carbons (Fsp3) is 0.571. The second-order valence-electron chi connectivity index (χ2n) is 7.40. The van der Waals surface area contributed by atoms with E-state index in [9.17, 15) is 4.79 Å². The van der Waals surface area contributed by atoms with Crippen molar-refractivity contribution in [2.45, 2.75) is 65.5 Å². The highest BCUT2D eigenvalue weighted by atomic mass is 16.1. The zero-order valence-corrected chi connectivity index (χ0v) is 15.2. The number of hydrogen-bond donors (Lipinski definition) is 1. The topological polar surface area (TPSA) is 34.0 Å². The van der Waals surface area contributed by atoms with Crippen LogP contribution < -0.4 is 5.32 Å². The summed E-state index contributed by atoms with van der Waals surface area (Å²) in [6.45, 7) is 7.71. The van der Waals surface area contributed by atoms with Crippen molar-refractivity contribution in [2.75, 3.05) is 0 Å². The molecule has 0 saturated heterocycles. The maximum absolute atomic E-state index is 12.4. The fourth-order valence-electron chi connectivity index (χ4n) is 4.10. The van der Waals surface area contributed by atoms with Crippen molar-refractivity contribution in [3.8, 4) is 0 Å². The monoisotopic (exact) mass is 326 g/mol. The van der Waals surface area contributed by atoms with Crippen LogP contribution in [-0.2, 0) is 17.8 Å². The van der Waals surface area contributed by atoms with Crippen molar-refractivity contribution in [1.82, 2.24) is 9.88 Å². The smallest absolute Gasteiger partial charge is 0.220 e. The van der Waals surface area contributed by atoms with Crippen molar-refractivity contribution in [3.05, 3.63) is 36.0 Å². The minimum atomic E-state index is 0.203. The minimum Gasteiger partial charge on any atom is -0.353 e. The Morgan fingerprint density at radius 3 is 2.83 bits per heavy atom. The minimum absolute atomic E-state index is 0.203. The molecule has 1 aliphatic rings. The van der Waals surface area contributed by atoms with Crippen LogP contribution in [0.15, 0.2) is 30.5 Å². The zero-order valence-electron chi connectivity index (χ0n) is 15.2. The van der Waals surface area contributed by atoms with E-state index < -0.39 is 0 Å². The number of carbonyl (C=O) groups is 1. The van der Waals surface area contributed by atoms with Crippen LogP contribution in [0.5, 0.6) is 0 Å². The Morgan fingerprint density at radius 2 is 2.04 bits per heavy atom. The summed E-state index contributed by atoms with van der Waals surface area (Å²) in [7, 11) is 0. The Kier molecular flexibility index (Phi) is 5.27. The largest absolute Gasteiger partial charge is 0.353 e. The van der Waals surface area contributed by atoms with Gasteiger partial charge in [-0.1, -0.05) is 44.9 Å². The number of rotatable bonds is 5. The second-order valence-corrected chi connectivity index (χ2v) is 7.40. The summed E-state index contributed by atoms with van der Waals surface area (Å²) in [4.78, 5) is 12.4. The number of carbonyl (C=O) groups excluding carboxylic acids is 1. The van der Waals surface area contributed by atoms with Gasteiger partial charge in [0, 0.05) is 36.1 Å². The van der Waals surface area contributed by atoms with Gasteiger partial charge in [-0.2, -0.15) is 0 Å². The summed E-state index contributed by atoms with van der Waals surface area (Å²) in [5.74, 6) is 1.51. The van der Waals surface area contributed by atoms with Gasteiger partial charge in [-0.15, -0.1) is 0 Å². The highest BCUT2D eigenvalue weighted by molar-refractivity contribution is 5.85. The van der Waals surface area contributed by atoms with E-state index in [4.69, 9.17) is 0 Å². The van der Waals surface area contributed by atoms with Gasteiger partial charge in [0.25, 0.3) is 0 Å². The first-order chi connectivity index (χ1) is 11.6. The van der Waals surface area contributed by atoms with Gasteiger partial charge in [-0.05, 0) is 43.2 Å². The number of amides is 1. The van der Waals surface area contributed by atoms with Gasteiger partial charge in [0.05, 0.1) is 0 Å². The molecule has 0 radical (unpaired) electrons. The van der Waals surface area contributed by atoms with Crippen molar-refractivity contribution < 1.29 is 4.79 Å². The van der Waals surface area contributed by atoms with Crippen LogP contribution >= 0.6 is 0 Å². The standard InChI is InChI=1S/C21H30N2O/c1-4-23-14-17(18-9-5-6-11-20(18)23)12-13-21(24)22-19-10-7-8-15(2)16(19)3/h5-6,9,11,14-16,19H,4,7-8,10,12-13H2,1-3H3,(H,22,24)/t15-,16-,19-/m1/s1. The third-order valence-corrected chi connectivity index (χ3v) is 5.89. The molecule has 0 aliphatic heterocycles. The third-order valence-electron chi connectivity index (χ3n) is 5.89. The van der Waals surface area contributed by atoms with E-state index in [-0.39, 0.29) is 5.91 Å². The lowest BCUT2D eigenvalue weighted by atomic mass is 9.78. The number of aryl methyl sites for hydroxylation is 2. The van der Waals surface area contributed by atoms with Crippen molar-refractivity contribution in [3.63, 3.8) is 0 Å². The molecule has 1 aromatic heterocycles. The van der Waals surface area contributed by atoms with E-state index in [0.29, 0.717) is 24.3 Å². The lowest BCUT2D eigenvalue weighted by Gasteiger charge is -2.34. The van der Waals surface area contributed by atoms with Gasteiger partial charge in [-0.3, -0.25) is 4.79 Å². The first-order valence-electron chi connectivity index (χ1n) is 9.46. The van der Waals surface area contributed by atoms with Crippen molar-refractivity contribution in [2.24, 2.45) is 11.8 Å². The molecule has 1 aromatic carbocycles. The van der Waals surface area contributed by atoms with Gasteiger partial charge >= 0.3 is 0 Å². The molecule has 1 heterocycles. The highest BCUT2D eigenvalue weighted by Gasteiger charge is 2.27. The van der Waals surface area contributed by atoms with Gasteiger partial charge in [0.1, 0.15) is 0 Å². The number of para-hydroxylation sites is 1. The Bertz CT molecular complexity index is 703.